The van der Waals surface area contributed by atoms with Gasteiger partial charge in [0.25, 0.3) is 11.6 Å². The largest absolute Gasteiger partial charge is 0.365 e. The molecule has 0 bridgehead atoms. The van der Waals surface area contributed by atoms with Gasteiger partial charge in [-0.3, -0.25) is 20.0 Å². The van der Waals surface area contributed by atoms with Crippen LogP contribution in [0.25, 0.3) is 0 Å². The molecule has 0 aliphatic carbocycles. The van der Waals surface area contributed by atoms with E-state index >= 15 is 0 Å². The lowest BCUT2D eigenvalue weighted by molar-refractivity contribution is -0.384. The molecule has 0 fully saturated rings. The van der Waals surface area contributed by atoms with Crippen molar-refractivity contribution in [3.63, 3.8) is 0 Å². The number of carbonyl (C=O) groups is 1. The van der Waals surface area contributed by atoms with Gasteiger partial charge >= 0.3 is 0 Å². The highest BCUT2D eigenvalue weighted by molar-refractivity contribution is 6.30. The minimum Gasteiger partial charge on any atom is -0.365 e. The first-order valence-electron chi connectivity index (χ1n) is 7.63. The summed E-state index contributed by atoms with van der Waals surface area (Å²) in [6, 6.07) is 12.7. The molecule has 27 heavy (non-hydrogen) atoms. The second-order valence-corrected chi connectivity index (χ2v) is 5.84. The van der Waals surface area contributed by atoms with Crippen LogP contribution in [0.1, 0.15) is 15.9 Å². The fraction of sp³-hybridized carbons (Fsp3) is 0. The number of aromatic amines is 1. The number of nitro benzene ring substituents is 1. The monoisotopic (exact) mass is 384 g/mol. The van der Waals surface area contributed by atoms with E-state index in [1.807, 2.05) is 0 Å². The number of primary amides is 1. The second kappa shape index (κ2) is 7.67. The SMILES string of the molecule is NC(=O)c1c(N=Cc2ccc([N+](=O)[O-])cc2)n[nH]c1Nc1cccc(Cl)c1. The van der Waals surface area contributed by atoms with Crippen molar-refractivity contribution in [1.82, 2.24) is 10.2 Å². The summed E-state index contributed by atoms with van der Waals surface area (Å²) in [7, 11) is 0. The minimum atomic E-state index is -0.718. The number of aromatic nitrogens is 2. The fourth-order valence-electron chi connectivity index (χ4n) is 2.28. The van der Waals surface area contributed by atoms with Crippen LogP contribution in [0, 0.1) is 10.1 Å². The van der Waals surface area contributed by atoms with Gasteiger partial charge in [-0.25, -0.2) is 4.99 Å². The van der Waals surface area contributed by atoms with E-state index in [9.17, 15) is 14.9 Å². The number of nitrogens with zero attached hydrogens (tertiary/aromatic N) is 3. The van der Waals surface area contributed by atoms with Gasteiger partial charge in [0.1, 0.15) is 11.4 Å². The maximum absolute atomic E-state index is 11.8. The number of H-pyrrole nitrogens is 1. The smallest absolute Gasteiger partial charge is 0.269 e. The number of non-ortho nitro benzene ring substituents is 1. The van der Waals surface area contributed by atoms with Crippen molar-refractivity contribution in [1.29, 1.82) is 0 Å². The number of carbonyl (C=O) groups excluding carboxylic acids is 1. The molecule has 0 spiro atoms. The number of anilines is 2. The third kappa shape index (κ3) is 4.28. The van der Waals surface area contributed by atoms with Crippen molar-refractivity contribution < 1.29 is 9.72 Å². The number of benzene rings is 2. The molecule has 1 heterocycles. The predicted octanol–water partition coefficient (Wildman–Crippen LogP) is 3.56. The average Bonchev–Trinajstić information content (AvgIpc) is 3.03. The number of aliphatic imine (C=N–C) groups is 1. The highest BCUT2D eigenvalue weighted by Crippen LogP contribution is 2.27. The van der Waals surface area contributed by atoms with Gasteiger partial charge in [0.2, 0.25) is 0 Å². The molecule has 2 aromatic carbocycles. The van der Waals surface area contributed by atoms with Crippen LogP contribution in [0.2, 0.25) is 5.02 Å². The van der Waals surface area contributed by atoms with Gasteiger partial charge in [0.15, 0.2) is 5.82 Å². The Labute approximate surface area is 158 Å². The Hall–Kier alpha value is -3.72. The summed E-state index contributed by atoms with van der Waals surface area (Å²) < 4.78 is 0. The number of hydrogen-bond acceptors (Lipinski definition) is 6. The van der Waals surface area contributed by atoms with Crippen LogP contribution in [0.15, 0.2) is 53.5 Å². The lowest BCUT2D eigenvalue weighted by Gasteiger charge is -2.05. The molecule has 1 aromatic heterocycles. The molecule has 0 unspecified atom stereocenters. The first-order chi connectivity index (χ1) is 12.9. The van der Waals surface area contributed by atoms with Crippen LogP contribution in [-0.2, 0) is 0 Å². The molecule has 0 saturated carbocycles. The Morgan fingerprint density at radius 2 is 2.04 bits per heavy atom. The number of nitrogens with one attached hydrogen (secondary N) is 2. The van der Waals surface area contributed by atoms with Gasteiger partial charge in [0, 0.05) is 29.1 Å². The quantitative estimate of drug-likeness (QED) is 0.338. The minimum absolute atomic E-state index is 0.0299. The van der Waals surface area contributed by atoms with E-state index in [0.717, 1.165) is 0 Å². The zero-order valence-electron chi connectivity index (χ0n) is 13.7. The molecule has 4 N–H and O–H groups in total. The van der Waals surface area contributed by atoms with Gasteiger partial charge in [-0.15, -0.1) is 0 Å². The van der Waals surface area contributed by atoms with E-state index in [1.165, 1.54) is 30.5 Å². The summed E-state index contributed by atoms with van der Waals surface area (Å²) in [4.78, 5) is 26.2. The molecular weight excluding hydrogens is 372 g/mol. The van der Waals surface area contributed by atoms with Gasteiger partial charge in [-0.05, 0) is 35.9 Å². The number of hydrogen-bond donors (Lipinski definition) is 3. The van der Waals surface area contributed by atoms with E-state index < -0.39 is 10.8 Å². The molecule has 0 saturated heterocycles. The lowest BCUT2D eigenvalue weighted by Crippen LogP contribution is -2.12. The van der Waals surface area contributed by atoms with Crippen molar-refractivity contribution in [3.05, 3.63) is 74.8 Å². The summed E-state index contributed by atoms with van der Waals surface area (Å²) in [6.07, 6.45) is 1.43. The van der Waals surface area contributed by atoms with Crippen molar-refractivity contribution >= 4 is 46.7 Å². The molecule has 136 valence electrons. The number of amides is 1. The Kier molecular flexibility index (Phi) is 5.13. The highest BCUT2D eigenvalue weighted by atomic mass is 35.5. The Morgan fingerprint density at radius 1 is 1.30 bits per heavy atom. The Morgan fingerprint density at radius 3 is 2.67 bits per heavy atom. The van der Waals surface area contributed by atoms with Crippen molar-refractivity contribution in [2.24, 2.45) is 10.7 Å². The van der Waals surface area contributed by atoms with Gasteiger partial charge in [0.05, 0.1) is 4.92 Å². The van der Waals surface area contributed by atoms with Crippen LogP contribution < -0.4 is 11.1 Å². The third-order valence-electron chi connectivity index (χ3n) is 3.53. The molecule has 9 nitrogen and oxygen atoms in total. The average molecular weight is 385 g/mol. The van der Waals surface area contributed by atoms with Crippen LogP contribution >= 0.6 is 11.6 Å². The molecule has 10 heteroatoms. The maximum atomic E-state index is 11.8. The first-order valence-corrected chi connectivity index (χ1v) is 8.01. The number of nitro groups is 1. The summed E-state index contributed by atoms with van der Waals surface area (Å²) in [5.74, 6) is -0.352. The molecular formula is C17H13ClN6O3. The molecule has 3 aromatic rings. The predicted molar refractivity (Wildman–Crippen MR) is 102 cm³/mol. The van der Waals surface area contributed by atoms with Crippen molar-refractivity contribution in [2.45, 2.75) is 0 Å². The van der Waals surface area contributed by atoms with E-state index in [0.29, 0.717) is 16.3 Å². The van der Waals surface area contributed by atoms with E-state index in [-0.39, 0.29) is 22.9 Å². The fourth-order valence-corrected chi connectivity index (χ4v) is 2.47. The van der Waals surface area contributed by atoms with Gasteiger partial charge in [-0.2, -0.15) is 5.10 Å². The van der Waals surface area contributed by atoms with Gasteiger partial charge in [-0.1, -0.05) is 17.7 Å². The zero-order valence-corrected chi connectivity index (χ0v) is 14.5. The van der Waals surface area contributed by atoms with E-state index in [1.54, 1.807) is 24.3 Å². The normalized spacial score (nSPS) is 10.9. The number of rotatable bonds is 6. The molecule has 0 atom stereocenters. The van der Waals surface area contributed by atoms with E-state index in [4.69, 9.17) is 17.3 Å². The molecule has 0 aliphatic rings. The molecule has 0 aliphatic heterocycles. The second-order valence-electron chi connectivity index (χ2n) is 5.40. The van der Waals surface area contributed by atoms with E-state index in [2.05, 4.69) is 20.5 Å². The summed E-state index contributed by atoms with van der Waals surface area (Å²) in [5, 5.41) is 20.8. The topological polar surface area (TPSA) is 139 Å². The Bertz CT molecular complexity index is 1030. The summed E-state index contributed by atoms with van der Waals surface area (Å²) in [5.41, 5.74) is 6.74. The Balaban J connectivity index is 1.86. The summed E-state index contributed by atoms with van der Waals surface area (Å²) >= 11 is 5.94. The number of halogens is 1. The van der Waals surface area contributed by atoms with Crippen LogP contribution in [0.5, 0.6) is 0 Å². The maximum Gasteiger partial charge on any atom is 0.269 e. The standard InChI is InChI=1S/C17H13ClN6O3/c18-11-2-1-3-12(8-11)21-17-14(15(19)25)16(22-23-17)20-9-10-4-6-13(7-5-10)24(26)27/h1-9H,(H2,19,25)(H2,21,22,23). The molecule has 1 amide bonds. The number of nitrogens with two attached hydrogens (primary N) is 1. The van der Waals surface area contributed by atoms with Crippen molar-refractivity contribution in [3.8, 4) is 0 Å². The highest BCUT2D eigenvalue weighted by Gasteiger charge is 2.18. The molecule has 3 rings (SSSR count). The van der Waals surface area contributed by atoms with Gasteiger partial charge < -0.3 is 11.1 Å². The van der Waals surface area contributed by atoms with Crippen molar-refractivity contribution in [2.75, 3.05) is 5.32 Å². The summed E-state index contributed by atoms with van der Waals surface area (Å²) in [6.45, 7) is 0. The lowest BCUT2D eigenvalue weighted by atomic mass is 10.2. The first kappa shape index (κ1) is 18.1. The van der Waals surface area contributed by atoms with Crippen LogP contribution in [0.3, 0.4) is 0 Å². The molecule has 0 radical (unpaired) electrons. The van der Waals surface area contributed by atoms with Crippen LogP contribution in [0.4, 0.5) is 23.0 Å². The third-order valence-corrected chi connectivity index (χ3v) is 3.76. The van der Waals surface area contributed by atoms with Crippen LogP contribution in [-0.4, -0.2) is 27.2 Å². The zero-order chi connectivity index (χ0) is 19.4.